The number of aryl methyl sites for hydroxylation is 2. The molecule has 6 heteroatoms. The van der Waals surface area contributed by atoms with Crippen LogP contribution in [-0.4, -0.2) is 18.6 Å². The molecule has 0 amide bonds. The monoisotopic (exact) mass is 344 g/mol. The Morgan fingerprint density at radius 3 is 2.62 bits per heavy atom. The van der Waals surface area contributed by atoms with Crippen molar-refractivity contribution in [2.75, 3.05) is 0 Å². The van der Waals surface area contributed by atoms with Crippen LogP contribution >= 0.6 is 0 Å². The van der Waals surface area contributed by atoms with Crippen molar-refractivity contribution in [3.05, 3.63) is 67.1 Å². The zero-order valence-corrected chi connectivity index (χ0v) is 15.0. The molecule has 6 nitrogen and oxygen atoms in total. The lowest BCUT2D eigenvalue weighted by atomic mass is 10.2. The molecule has 5 aromatic rings. The van der Waals surface area contributed by atoms with E-state index < -0.39 is 0 Å². The summed E-state index contributed by atoms with van der Waals surface area (Å²) in [6, 6.07) is 16.6. The predicted octanol–water partition coefficient (Wildman–Crippen LogP) is 1.93. The number of rotatable bonds is 2. The molecule has 0 unspecified atom stereocenters. The van der Waals surface area contributed by atoms with E-state index in [1.54, 1.807) is 0 Å². The topological polar surface area (TPSA) is 34.9 Å². The number of pyridine rings is 1. The van der Waals surface area contributed by atoms with E-state index in [0.717, 1.165) is 34.0 Å². The number of hydrogen-bond donors (Lipinski definition) is 0. The predicted molar refractivity (Wildman–Crippen MR) is 98.8 cm³/mol. The number of fused-ring (bicyclic) bond motifs is 3. The van der Waals surface area contributed by atoms with E-state index in [1.165, 1.54) is 0 Å². The third-order valence-electron chi connectivity index (χ3n) is 5.06. The van der Waals surface area contributed by atoms with Crippen molar-refractivity contribution in [1.82, 2.24) is 18.6 Å². The second kappa shape index (κ2) is 5.29. The van der Waals surface area contributed by atoms with Crippen LogP contribution < -0.4 is 9.25 Å². The molecule has 0 bridgehead atoms. The summed E-state index contributed by atoms with van der Waals surface area (Å²) in [5.74, 6) is 2.04. The van der Waals surface area contributed by atoms with Gasteiger partial charge in [0.1, 0.15) is 5.69 Å². The van der Waals surface area contributed by atoms with Gasteiger partial charge in [0, 0.05) is 24.0 Å². The number of benzene rings is 1. The highest BCUT2D eigenvalue weighted by Crippen LogP contribution is 2.24. The van der Waals surface area contributed by atoms with Gasteiger partial charge in [0.2, 0.25) is 12.0 Å². The number of aromatic nitrogens is 6. The first-order chi connectivity index (χ1) is 12.6. The van der Waals surface area contributed by atoms with Crippen molar-refractivity contribution in [3.8, 4) is 17.2 Å². The van der Waals surface area contributed by atoms with Gasteiger partial charge >= 0.3 is 5.82 Å². The summed E-state index contributed by atoms with van der Waals surface area (Å²) in [5.41, 5.74) is 4.40. The van der Waals surface area contributed by atoms with Crippen LogP contribution in [0.3, 0.4) is 0 Å². The fourth-order valence-corrected chi connectivity index (χ4v) is 3.67. The quantitative estimate of drug-likeness (QED) is 0.451. The van der Waals surface area contributed by atoms with Gasteiger partial charge in [-0.05, 0) is 28.9 Å². The molecule has 0 fully saturated rings. The summed E-state index contributed by atoms with van der Waals surface area (Å²) >= 11 is 0. The molecule has 4 aromatic heterocycles. The zero-order chi connectivity index (χ0) is 17.8. The van der Waals surface area contributed by atoms with Crippen molar-refractivity contribution in [2.45, 2.75) is 0 Å². The molecule has 0 saturated carbocycles. The molecule has 26 heavy (non-hydrogen) atoms. The van der Waals surface area contributed by atoms with Crippen molar-refractivity contribution >= 4 is 16.8 Å². The Bertz CT molecular complexity index is 1270. The minimum atomic E-state index is 0.943. The summed E-state index contributed by atoms with van der Waals surface area (Å²) in [6.45, 7) is 0. The molecule has 0 radical (unpaired) electrons. The smallest absolute Gasteiger partial charge is 0.310 e. The minimum absolute atomic E-state index is 0.943. The lowest BCUT2D eigenvalue weighted by molar-refractivity contribution is -0.763. The van der Waals surface area contributed by atoms with E-state index in [2.05, 4.69) is 85.8 Å². The van der Waals surface area contributed by atoms with Crippen LogP contribution in [0, 0.1) is 0 Å². The standard InChI is InChI=1S/C20H20N6/c1-22-12-7-13-26(22)19-11-6-10-17(23(19)2)18-14-25-16-9-5-4-8-15(16)21-20(25)24(18)3/h4-14H,1-3H3/q+2. The number of hydrogen-bond acceptors (Lipinski definition) is 1. The van der Waals surface area contributed by atoms with Gasteiger partial charge in [0.25, 0.3) is 0 Å². The molecule has 0 aliphatic carbocycles. The van der Waals surface area contributed by atoms with Crippen molar-refractivity contribution in [3.63, 3.8) is 0 Å². The van der Waals surface area contributed by atoms with Gasteiger partial charge in [-0.3, -0.25) is 4.40 Å². The first-order valence-corrected chi connectivity index (χ1v) is 8.61. The van der Waals surface area contributed by atoms with Crippen molar-refractivity contribution < 1.29 is 9.25 Å². The summed E-state index contributed by atoms with van der Waals surface area (Å²) in [7, 11) is 6.20. The summed E-state index contributed by atoms with van der Waals surface area (Å²) in [5, 5.41) is 0. The van der Waals surface area contributed by atoms with E-state index in [0.29, 0.717) is 0 Å². The van der Waals surface area contributed by atoms with Gasteiger partial charge in [0.05, 0.1) is 24.1 Å². The number of para-hydroxylation sites is 2. The summed E-state index contributed by atoms with van der Waals surface area (Å²) in [6.07, 6.45) is 6.26. The molecule has 0 aliphatic heterocycles. The Hall–Kier alpha value is -3.41. The average Bonchev–Trinajstić information content (AvgIpc) is 3.31. The molecular weight excluding hydrogens is 324 g/mol. The average molecular weight is 344 g/mol. The third-order valence-corrected chi connectivity index (χ3v) is 5.06. The van der Waals surface area contributed by atoms with Crippen molar-refractivity contribution in [2.24, 2.45) is 21.1 Å². The largest absolute Gasteiger partial charge is 0.342 e. The van der Waals surface area contributed by atoms with Crippen LogP contribution in [0.15, 0.2) is 67.1 Å². The lowest BCUT2D eigenvalue weighted by Crippen LogP contribution is -2.45. The van der Waals surface area contributed by atoms with Gasteiger partial charge in [-0.25, -0.2) is 9.55 Å². The highest BCUT2D eigenvalue weighted by atomic mass is 15.4. The maximum atomic E-state index is 4.78. The summed E-state index contributed by atoms with van der Waals surface area (Å²) in [4.78, 5) is 4.78. The Morgan fingerprint density at radius 2 is 1.81 bits per heavy atom. The van der Waals surface area contributed by atoms with Gasteiger partial charge in [0.15, 0.2) is 18.9 Å². The fraction of sp³-hybridized carbons (Fsp3) is 0.150. The summed E-state index contributed by atoms with van der Waals surface area (Å²) < 4.78 is 10.7. The third kappa shape index (κ3) is 1.95. The minimum Gasteiger partial charge on any atom is -0.310 e. The second-order valence-electron chi connectivity index (χ2n) is 6.58. The molecule has 0 atom stereocenters. The number of imidazole rings is 2. The highest BCUT2D eigenvalue weighted by Gasteiger charge is 2.22. The normalized spacial score (nSPS) is 11.7. The van der Waals surface area contributed by atoms with E-state index >= 15 is 0 Å². The zero-order valence-electron chi connectivity index (χ0n) is 15.0. The van der Waals surface area contributed by atoms with Gasteiger partial charge in [-0.1, -0.05) is 12.1 Å². The highest BCUT2D eigenvalue weighted by molar-refractivity contribution is 5.80. The van der Waals surface area contributed by atoms with Gasteiger partial charge in [-0.2, -0.15) is 0 Å². The molecule has 5 rings (SSSR count). The maximum absolute atomic E-state index is 4.78. The van der Waals surface area contributed by atoms with Crippen LogP contribution in [0.4, 0.5) is 0 Å². The SMILES string of the molecule is Cn1c(-c2cccc(-n3ccc[n+]3C)[n+]2C)cn2c3ccccc3nc12. The van der Waals surface area contributed by atoms with Crippen LogP contribution in [-0.2, 0) is 21.1 Å². The van der Waals surface area contributed by atoms with E-state index in [-0.39, 0.29) is 0 Å². The van der Waals surface area contributed by atoms with E-state index in [9.17, 15) is 0 Å². The molecule has 0 spiro atoms. The second-order valence-corrected chi connectivity index (χ2v) is 6.58. The fourth-order valence-electron chi connectivity index (χ4n) is 3.67. The molecule has 4 heterocycles. The van der Waals surface area contributed by atoms with Crippen LogP contribution in [0.2, 0.25) is 0 Å². The number of nitrogens with zero attached hydrogens (tertiary/aromatic N) is 6. The Balaban J connectivity index is 1.76. The van der Waals surface area contributed by atoms with E-state index in [1.807, 2.05) is 25.4 Å². The molecule has 0 aliphatic rings. The molecule has 0 N–H and O–H groups in total. The van der Waals surface area contributed by atoms with Gasteiger partial charge in [-0.15, -0.1) is 0 Å². The first kappa shape index (κ1) is 14.9. The van der Waals surface area contributed by atoms with E-state index in [4.69, 9.17) is 4.98 Å². The molecule has 0 saturated heterocycles. The van der Waals surface area contributed by atoms with Crippen LogP contribution in [0.1, 0.15) is 0 Å². The Kier molecular flexibility index (Phi) is 3.03. The van der Waals surface area contributed by atoms with Crippen LogP contribution in [0.5, 0.6) is 0 Å². The molecular formula is C20H20N6+2. The molecule has 128 valence electrons. The lowest BCUT2D eigenvalue weighted by Gasteiger charge is -2.06. The van der Waals surface area contributed by atoms with Crippen LogP contribution in [0.25, 0.3) is 34.0 Å². The first-order valence-electron chi connectivity index (χ1n) is 8.61. The Morgan fingerprint density at radius 1 is 0.962 bits per heavy atom. The molecule has 1 aromatic carbocycles. The Labute approximate surface area is 150 Å². The van der Waals surface area contributed by atoms with Gasteiger partial charge < -0.3 is 4.57 Å². The van der Waals surface area contributed by atoms with Crippen molar-refractivity contribution in [1.29, 1.82) is 0 Å². The maximum Gasteiger partial charge on any atom is 0.342 e.